The molecule has 1 aromatic rings. The molecule has 0 N–H and O–H groups in total. The van der Waals surface area contributed by atoms with Gasteiger partial charge in [0.15, 0.2) is 12.3 Å². The van der Waals surface area contributed by atoms with Crippen molar-refractivity contribution in [2.24, 2.45) is 10.2 Å². The molecule has 1 heterocycles. The van der Waals surface area contributed by atoms with Crippen molar-refractivity contribution in [1.82, 2.24) is 4.90 Å². The highest BCUT2D eigenvalue weighted by Gasteiger charge is 2.39. The second kappa shape index (κ2) is 8.63. The molecule has 0 saturated heterocycles. The van der Waals surface area contributed by atoms with E-state index in [2.05, 4.69) is 16.1 Å². The summed E-state index contributed by atoms with van der Waals surface area (Å²) in [5.74, 6) is 2.72. The molecular weight excluding hydrogens is 371 g/mol. The maximum Gasteiger partial charge on any atom is 0.422 e. The Balaban J connectivity index is 1.91. The minimum atomic E-state index is -4.39. The number of carbonyl (C=O) groups excluding carboxylic acids is 1. The third-order valence-electron chi connectivity index (χ3n) is 4.54. The Hall–Kier alpha value is -2.56. The number of terminal acetylenes is 1. The van der Waals surface area contributed by atoms with Gasteiger partial charge in [-0.1, -0.05) is 12.1 Å². The first-order valence-electron chi connectivity index (χ1n) is 8.96. The first-order valence-corrected chi connectivity index (χ1v) is 8.96. The molecule has 0 saturated carbocycles. The topological polar surface area (TPSA) is 54.3 Å². The number of alkyl halides is 3. The standard InChI is InChI=1S/C20H24F3N3O2/c1-5-6-8-19(24-25-19)9-7-17(27)26(4)12-16-10-14(2)18(15(3)11-16)28-13-20(21,22)23/h1,10-11H,6-9,12-13H2,2-4H3. The number of hydrogen-bond acceptors (Lipinski definition) is 4. The van der Waals surface area contributed by atoms with Gasteiger partial charge in [-0.15, -0.1) is 12.3 Å². The van der Waals surface area contributed by atoms with Crippen LogP contribution in [0.15, 0.2) is 22.4 Å². The average molecular weight is 395 g/mol. The zero-order valence-corrected chi connectivity index (χ0v) is 16.3. The van der Waals surface area contributed by atoms with Gasteiger partial charge in [0, 0.05) is 39.3 Å². The van der Waals surface area contributed by atoms with Crippen molar-refractivity contribution in [1.29, 1.82) is 0 Å². The van der Waals surface area contributed by atoms with Crippen LogP contribution in [0.1, 0.15) is 42.4 Å². The zero-order valence-electron chi connectivity index (χ0n) is 16.3. The molecule has 152 valence electrons. The van der Waals surface area contributed by atoms with Gasteiger partial charge in [-0.3, -0.25) is 4.79 Å². The largest absolute Gasteiger partial charge is 0.484 e. The van der Waals surface area contributed by atoms with Crippen LogP contribution in [-0.2, 0) is 11.3 Å². The summed E-state index contributed by atoms with van der Waals surface area (Å²) in [6.45, 7) is 2.40. The minimum absolute atomic E-state index is 0.0508. The fraction of sp³-hybridized carbons (Fsp3) is 0.550. The van der Waals surface area contributed by atoms with E-state index in [1.165, 1.54) is 0 Å². The van der Waals surface area contributed by atoms with Crippen LogP contribution < -0.4 is 4.74 Å². The van der Waals surface area contributed by atoms with Crippen LogP contribution >= 0.6 is 0 Å². The fourth-order valence-corrected chi connectivity index (χ4v) is 3.04. The molecule has 8 heteroatoms. The molecule has 5 nitrogen and oxygen atoms in total. The van der Waals surface area contributed by atoms with Crippen molar-refractivity contribution in [2.75, 3.05) is 13.7 Å². The molecule has 1 aliphatic heterocycles. The van der Waals surface area contributed by atoms with E-state index < -0.39 is 18.4 Å². The normalized spacial score (nSPS) is 14.5. The smallest absolute Gasteiger partial charge is 0.422 e. The van der Waals surface area contributed by atoms with Crippen LogP contribution in [0.2, 0.25) is 0 Å². The maximum atomic E-state index is 12.4. The monoisotopic (exact) mass is 395 g/mol. The lowest BCUT2D eigenvalue weighted by Crippen LogP contribution is -2.27. The van der Waals surface area contributed by atoms with Gasteiger partial charge >= 0.3 is 6.18 Å². The Kier molecular flexibility index (Phi) is 6.70. The van der Waals surface area contributed by atoms with Crippen LogP contribution in [-0.4, -0.2) is 36.3 Å². The van der Waals surface area contributed by atoms with E-state index in [1.807, 2.05) is 0 Å². The van der Waals surface area contributed by atoms with E-state index in [-0.39, 0.29) is 11.7 Å². The predicted octanol–water partition coefficient (Wildman–Crippen LogP) is 4.56. The molecule has 0 bridgehead atoms. The number of carbonyl (C=O) groups is 1. The number of halogens is 3. The lowest BCUT2D eigenvalue weighted by molar-refractivity contribution is -0.153. The molecule has 0 fully saturated rings. The predicted molar refractivity (Wildman–Crippen MR) is 98.8 cm³/mol. The number of hydrogen-bond donors (Lipinski definition) is 0. The van der Waals surface area contributed by atoms with Crippen molar-refractivity contribution >= 4 is 5.91 Å². The van der Waals surface area contributed by atoms with Crippen molar-refractivity contribution in [3.05, 3.63) is 28.8 Å². The molecule has 0 unspecified atom stereocenters. The van der Waals surface area contributed by atoms with E-state index in [0.29, 0.717) is 43.4 Å². The number of benzene rings is 1. The second-order valence-electron chi connectivity index (χ2n) is 7.10. The van der Waals surface area contributed by atoms with Gasteiger partial charge in [0.2, 0.25) is 5.91 Å². The third-order valence-corrected chi connectivity index (χ3v) is 4.54. The lowest BCUT2D eigenvalue weighted by atomic mass is 10.0. The molecule has 1 amide bonds. The number of ether oxygens (including phenoxy) is 1. The number of nitrogens with zero attached hydrogens (tertiary/aromatic N) is 3. The quantitative estimate of drug-likeness (QED) is 0.576. The van der Waals surface area contributed by atoms with Crippen LogP contribution in [0.3, 0.4) is 0 Å². The number of amides is 1. The highest BCUT2D eigenvalue weighted by atomic mass is 19.4. The summed E-state index contributed by atoms with van der Waals surface area (Å²) < 4.78 is 42.1. The van der Waals surface area contributed by atoms with E-state index in [0.717, 1.165) is 5.56 Å². The molecule has 0 spiro atoms. The molecule has 1 aromatic carbocycles. The Morgan fingerprint density at radius 3 is 2.36 bits per heavy atom. The van der Waals surface area contributed by atoms with Crippen molar-refractivity contribution < 1.29 is 22.7 Å². The Morgan fingerprint density at radius 2 is 1.86 bits per heavy atom. The van der Waals surface area contributed by atoms with Gasteiger partial charge in [-0.2, -0.15) is 23.4 Å². The minimum Gasteiger partial charge on any atom is -0.484 e. The molecule has 0 radical (unpaired) electrons. The van der Waals surface area contributed by atoms with Gasteiger partial charge in [0.25, 0.3) is 0 Å². The summed E-state index contributed by atoms with van der Waals surface area (Å²) in [7, 11) is 1.69. The van der Waals surface area contributed by atoms with E-state index in [9.17, 15) is 18.0 Å². The molecule has 0 aliphatic carbocycles. The Labute approximate surface area is 163 Å². The highest BCUT2D eigenvalue weighted by Crippen LogP contribution is 2.37. The van der Waals surface area contributed by atoms with Crippen molar-refractivity contribution in [3.63, 3.8) is 0 Å². The van der Waals surface area contributed by atoms with Crippen molar-refractivity contribution in [2.45, 2.75) is 57.9 Å². The van der Waals surface area contributed by atoms with Gasteiger partial charge in [0.05, 0.1) is 0 Å². The summed E-state index contributed by atoms with van der Waals surface area (Å²) in [6, 6.07) is 3.48. The molecule has 2 rings (SSSR count). The first kappa shape index (κ1) is 21.7. The lowest BCUT2D eigenvalue weighted by Gasteiger charge is -2.20. The van der Waals surface area contributed by atoms with Crippen LogP contribution in [0.4, 0.5) is 13.2 Å². The SMILES string of the molecule is C#CCCC1(CCC(=O)N(C)Cc2cc(C)c(OCC(F)(F)F)c(C)c2)N=N1. The van der Waals surface area contributed by atoms with Crippen molar-refractivity contribution in [3.8, 4) is 18.1 Å². The molecule has 1 aliphatic rings. The Bertz CT molecular complexity index is 768. The van der Waals surface area contributed by atoms with E-state index >= 15 is 0 Å². The third kappa shape index (κ3) is 6.25. The molecule has 28 heavy (non-hydrogen) atoms. The second-order valence-corrected chi connectivity index (χ2v) is 7.10. The molecule has 0 aromatic heterocycles. The van der Waals surface area contributed by atoms with E-state index in [4.69, 9.17) is 11.2 Å². The average Bonchev–Trinajstić information content (AvgIpc) is 3.36. The van der Waals surface area contributed by atoms with Crippen LogP contribution in [0, 0.1) is 26.2 Å². The number of rotatable bonds is 9. The van der Waals surface area contributed by atoms with Gasteiger partial charge in [0.1, 0.15) is 5.75 Å². The fourth-order valence-electron chi connectivity index (χ4n) is 3.04. The summed E-state index contributed by atoms with van der Waals surface area (Å²) in [6.07, 6.45) is 2.92. The molecule has 0 atom stereocenters. The first-order chi connectivity index (χ1) is 13.1. The van der Waals surface area contributed by atoms with Crippen LogP contribution in [0.25, 0.3) is 0 Å². The zero-order chi connectivity index (χ0) is 20.9. The van der Waals surface area contributed by atoms with Gasteiger partial charge in [-0.25, -0.2) is 0 Å². The van der Waals surface area contributed by atoms with Gasteiger partial charge in [-0.05, 0) is 30.5 Å². The summed E-state index contributed by atoms with van der Waals surface area (Å²) in [4.78, 5) is 14.0. The highest BCUT2D eigenvalue weighted by molar-refractivity contribution is 5.76. The summed E-state index contributed by atoms with van der Waals surface area (Å²) in [5.41, 5.74) is 1.54. The van der Waals surface area contributed by atoms with Gasteiger partial charge < -0.3 is 9.64 Å². The summed E-state index contributed by atoms with van der Waals surface area (Å²) >= 11 is 0. The number of aryl methyl sites for hydroxylation is 2. The molecular formula is C20H24F3N3O2. The maximum absolute atomic E-state index is 12.4. The Morgan fingerprint density at radius 1 is 1.25 bits per heavy atom. The summed E-state index contributed by atoms with van der Waals surface area (Å²) in [5, 5.41) is 8.04. The van der Waals surface area contributed by atoms with Crippen LogP contribution in [0.5, 0.6) is 5.75 Å². The van der Waals surface area contributed by atoms with E-state index in [1.54, 1.807) is 37.9 Å².